The van der Waals surface area contributed by atoms with Crippen LogP contribution in [-0.4, -0.2) is 12.1 Å². The molecule has 0 saturated carbocycles. The van der Waals surface area contributed by atoms with Crippen molar-refractivity contribution in [1.29, 1.82) is 0 Å². The highest BCUT2D eigenvalue weighted by Crippen LogP contribution is 2.34. The molecule has 0 amide bonds. The lowest BCUT2D eigenvalue weighted by atomic mass is 10.1. The molecule has 0 spiro atoms. The zero-order chi connectivity index (χ0) is 18.0. The van der Waals surface area contributed by atoms with E-state index < -0.39 is 5.97 Å². The Balaban J connectivity index is 1.95. The van der Waals surface area contributed by atoms with Gasteiger partial charge in [0.05, 0.1) is 10.6 Å². The van der Waals surface area contributed by atoms with Crippen LogP contribution in [-0.2, 0) is 0 Å². The van der Waals surface area contributed by atoms with Gasteiger partial charge in [-0.05, 0) is 64.8 Å². The van der Waals surface area contributed by atoms with Crippen LogP contribution in [0.1, 0.15) is 24.2 Å². The van der Waals surface area contributed by atoms with Gasteiger partial charge in [0.2, 0.25) is 0 Å². The zero-order valence-corrected chi connectivity index (χ0v) is 16.9. The predicted octanol–water partition coefficient (Wildman–Crippen LogP) is 6.37. The molecule has 0 aromatic heterocycles. The third kappa shape index (κ3) is 4.05. The Hall–Kier alpha value is -1.85. The summed E-state index contributed by atoms with van der Waals surface area (Å²) in [6.45, 7) is 3.83. The Kier molecular flexibility index (Phi) is 5.45. The van der Waals surface area contributed by atoms with E-state index in [1.807, 2.05) is 50.2 Å². The normalized spacial score (nSPS) is 10.9. The topological polar surface area (TPSA) is 35.5 Å². The quantitative estimate of drug-likeness (QED) is 0.333. The largest absolute Gasteiger partial charge is 0.490 e. The summed E-state index contributed by atoms with van der Waals surface area (Å²) in [6, 6.07) is 16.9. The Morgan fingerprint density at radius 2 is 1.68 bits per heavy atom. The van der Waals surface area contributed by atoms with E-state index in [1.54, 1.807) is 18.2 Å². The first-order valence-corrected chi connectivity index (χ1v) is 9.40. The number of benzene rings is 3. The molecule has 0 bridgehead atoms. The van der Waals surface area contributed by atoms with E-state index in [1.165, 1.54) is 0 Å². The van der Waals surface area contributed by atoms with Gasteiger partial charge in [-0.25, -0.2) is 4.79 Å². The fourth-order valence-corrected chi connectivity index (χ4v) is 3.40. The van der Waals surface area contributed by atoms with E-state index in [0.29, 0.717) is 17.1 Å². The number of fused-ring (bicyclic) bond motifs is 1. The van der Waals surface area contributed by atoms with Gasteiger partial charge in [0.15, 0.2) is 0 Å². The van der Waals surface area contributed by atoms with E-state index in [2.05, 4.69) is 31.9 Å². The lowest BCUT2D eigenvalue weighted by Crippen LogP contribution is -2.14. The summed E-state index contributed by atoms with van der Waals surface area (Å²) in [5, 5.41) is 2.06. The van der Waals surface area contributed by atoms with Crippen LogP contribution in [0.15, 0.2) is 63.5 Å². The van der Waals surface area contributed by atoms with Gasteiger partial charge in [-0.15, -0.1) is 0 Å². The van der Waals surface area contributed by atoms with E-state index in [0.717, 1.165) is 19.7 Å². The molecule has 0 fully saturated rings. The van der Waals surface area contributed by atoms with Crippen molar-refractivity contribution in [2.75, 3.05) is 0 Å². The summed E-state index contributed by atoms with van der Waals surface area (Å²) in [7, 11) is 0. The molecule has 5 heteroatoms. The highest BCUT2D eigenvalue weighted by atomic mass is 79.9. The molecule has 0 atom stereocenters. The van der Waals surface area contributed by atoms with E-state index in [-0.39, 0.29) is 6.10 Å². The van der Waals surface area contributed by atoms with Crippen LogP contribution in [0.2, 0.25) is 0 Å². The first-order valence-electron chi connectivity index (χ1n) is 7.81. The summed E-state index contributed by atoms with van der Waals surface area (Å²) in [6.07, 6.45) is -0.0415. The molecule has 0 saturated heterocycles. The Labute approximate surface area is 163 Å². The van der Waals surface area contributed by atoms with Gasteiger partial charge in [0.25, 0.3) is 0 Å². The first kappa shape index (κ1) is 18.0. The van der Waals surface area contributed by atoms with Crippen LogP contribution in [0.4, 0.5) is 0 Å². The lowest BCUT2D eigenvalue weighted by molar-refractivity contribution is 0.0727. The van der Waals surface area contributed by atoms with Crippen molar-refractivity contribution < 1.29 is 14.3 Å². The van der Waals surface area contributed by atoms with Crippen LogP contribution in [0, 0.1) is 0 Å². The van der Waals surface area contributed by atoms with Gasteiger partial charge in [-0.2, -0.15) is 0 Å². The van der Waals surface area contributed by atoms with Crippen molar-refractivity contribution in [3.63, 3.8) is 0 Å². The van der Waals surface area contributed by atoms with Crippen LogP contribution in [0.3, 0.4) is 0 Å². The second kappa shape index (κ2) is 7.58. The summed E-state index contributed by atoms with van der Waals surface area (Å²) in [5.74, 6) is 0.507. The van der Waals surface area contributed by atoms with Gasteiger partial charge in [0, 0.05) is 4.47 Å². The monoisotopic (exact) mass is 462 g/mol. The smallest absolute Gasteiger partial charge is 0.347 e. The molecular weight excluding hydrogens is 448 g/mol. The van der Waals surface area contributed by atoms with Crippen LogP contribution < -0.4 is 9.47 Å². The Morgan fingerprint density at radius 1 is 0.960 bits per heavy atom. The Bertz CT molecular complexity index is 935. The second-order valence-electron chi connectivity index (χ2n) is 5.80. The molecule has 0 aliphatic heterocycles. The van der Waals surface area contributed by atoms with Gasteiger partial charge in [-0.1, -0.05) is 46.3 Å². The molecule has 3 nitrogen and oxygen atoms in total. The van der Waals surface area contributed by atoms with Crippen LogP contribution >= 0.6 is 31.9 Å². The van der Waals surface area contributed by atoms with Crippen molar-refractivity contribution in [2.45, 2.75) is 20.0 Å². The molecule has 0 aliphatic rings. The maximum atomic E-state index is 12.7. The number of rotatable bonds is 4. The Morgan fingerprint density at radius 3 is 2.44 bits per heavy atom. The standard InChI is InChI=1S/C20H16Br2O3/c1-12(2)24-17-10-8-14(21)11-16(17)20(23)25-18-9-7-13-5-3-4-6-15(13)19(18)22/h3-12H,1-2H3. The van der Waals surface area contributed by atoms with Crippen molar-refractivity contribution >= 4 is 48.6 Å². The van der Waals surface area contributed by atoms with Gasteiger partial charge in [-0.3, -0.25) is 0 Å². The van der Waals surface area contributed by atoms with E-state index in [9.17, 15) is 4.79 Å². The number of carbonyl (C=O) groups excluding carboxylic acids is 1. The molecule has 128 valence electrons. The van der Waals surface area contributed by atoms with Crippen molar-refractivity contribution in [1.82, 2.24) is 0 Å². The number of ether oxygens (including phenoxy) is 2. The summed E-state index contributed by atoms with van der Waals surface area (Å²) < 4.78 is 12.9. The average molecular weight is 464 g/mol. The van der Waals surface area contributed by atoms with Crippen molar-refractivity contribution in [3.05, 3.63) is 69.1 Å². The zero-order valence-electron chi connectivity index (χ0n) is 13.8. The van der Waals surface area contributed by atoms with Gasteiger partial charge in [0.1, 0.15) is 17.1 Å². The van der Waals surface area contributed by atoms with E-state index >= 15 is 0 Å². The number of hydrogen-bond acceptors (Lipinski definition) is 3. The van der Waals surface area contributed by atoms with Gasteiger partial charge < -0.3 is 9.47 Å². The molecule has 25 heavy (non-hydrogen) atoms. The summed E-state index contributed by atoms with van der Waals surface area (Å²) in [5.41, 5.74) is 0.378. The van der Waals surface area contributed by atoms with Crippen molar-refractivity contribution in [2.24, 2.45) is 0 Å². The number of carbonyl (C=O) groups is 1. The minimum absolute atomic E-state index is 0.0415. The third-order valence-electron chi connectivity index (χ3n) is 3.55. The fraction of sp³-hybridized carbons (Fsp3) is 0.150. The molecule has 0 N–H and O–H groups in total. The molecular formula is C20H16Br2O3. The third-order valence-corrected chi connectivity index (χ3v) is 4.87. The molecule has 0 heterocycles. The predicted molar refractivity (Wildman–Crippen MR) is 107 cm³/mol. The summed E-state index contributed by atoms with van der Waals surface area (Å²) >= 11 is 6.93. The minimum Gasteiger partial charge on any atom is -0.490 e. The minimum atomic E-state index is -0.465. The molecule has 3 rings (SSSR count). The maximum absolute atomic E-state index is 12.7. The van der Waals surface area contributed by atoms with E-state index in [4.69, 9.17) is 9.47 Å². The molecule has 0 unspecified atom stereocenters. The molecule has 0 aliphatic carbocycles. The second-order valence-corrected chi connectivity index (χ2v) is 7.50. The number of halogens is 2. The average Bonchev–Trinajstić information content (AvgIpc) is 2.58. The molecule has 3 aromatic carbocycles. The lowest BCUT2D eigenvalue weighted by Gasteiger charge is -2.15. The number of hydrogen-bond donors (Lipinski definition) is 0. The van der Waals surface area contributed by atoms with Gasteiger partial charge >= 0.3 is 5.97 Å². The first-order chi connectivity index (χ1) is 12.0. The van der Waals surface area contributed by atoms with Crippen LogP contribution in [0.25, 0.3) is 10.8 Å². The SMILES string of the molecule is CC(C)Oc1ccc(Br)cc1C(=O)Oc1ccc2ccccc2c1Br. The highest BCUT2D eigenvalue weighted by molar-refractivity contribution is 9.11. The fourth-order valence-electron chi connectivity index (χ4n) is 2.47. The summed E-state index contributed by atoms with van der Waals surface area (Å²) in [4.78, 5) is 12.7. The van der Waals surface area contributed by atoms with Crippen molar-refractivity contribution in [3.8, 4) is 11.5 Å². The molecule has 0 radical (unpaired) electrons. The number of esters is 1. The van der Waals surface area contributed by atoms with Crippen LogP contribution in [0.5, 0.6) is 11.5 Å². The molecule has 3 aromatic rings. The highest BCUT2D eigenvalue weighted by Gasteiger charge is 2.18. The maximum Gasteiger partial charge on any atom is 0.347 e.